The smallest absolute Gasteiger partial charge is 0.274 e. The third-order valence-electron chi connectivity index (χ3n) is 7.65. The van der Waals surface area contributed by atoms with Crippen LogP contribution in [0.25, 0.3) is 6.08 Å². The maximum absolute atomic E-state index is 13.6. The summed E-state index contributed by atoms with van der Waals surface area (Å²) in [6.45, 7) is 10.2. The van der Waals surface area contributed by atoms with Crippen LogP contribution in [0.2, 0.25) is 0 Å². The Morgan fingerprint density at radius 1 is 1.11 bits per heavy atom. The van der Waals surface area contributed by atoms with Crippen LogP contribution in [-0.2, 0) is 10.2 Å². The molecule has 1 spiro atoms. The number of ether oxygens (including phenoxy) is 2. The molecule has 8 heteroatoms. The molecule has 3 aromatic rings. The monoisotopic (exact) mass is 513 g/mol. The number of carbonyl (C=O) groups is 1. The van der Waals surface area contributed by atoms with E-state index in [-0.39, 0.29) is 23.9 Å². The Hall–Kier alpha value is -4.33. The number of benzene rings is 3. The van der Waals surface area contributed by atoms with Gasteiger partial charge in [-0.25, -0.2) is 0 Å². The van der Waals surface area contributed by atoms with Crippen molar-refractivity contribution >= 4 is 29.0 Å². The predicted octanol–water partition coefficient (Wildman–Crippen LogP) is 6.07. The van der Waals surface area contributed by atoms with Gasteiger partial charge in [0.15, 0.2) is 11.5 Å². The molecule has 0 bridgehead atoms. The Morgan fingerprint density at radius 3 is 2.45 bits per heavy atom. The molecular formula is C30H31N3O5. The summed E-state index contributed by atoms with van der Waals surface area (Å²) in [4.78, 5) is 26.6. The first-order valence-electron chi connectivity index (χ1n) is 12.5. The molecule has 2 aliphatic rings. The molecule has 0 fully saturated rings. The largest absolute Gasteiger partial charge is 0.493 e. The second-order valence-corrected chi connectivity index (χ2v) is 10.5. The molecule has 0 radical (unpaired) electrons. The lowest BCUT2D eigenvalue weighted by atomic mass is 9.76. The number of fused-ring (bicyclic) bond motifs is 2. The van der Waals surface area contributed by atoms with Crippen molar-refractivity contribution in [3.63, 3.8) is 0 Å². The third kappa shape index (κ3) is 3.79. The van der Waals surface area contributed by atoms with E-state index in [1.165, 1.54) is 19.2 Å². The molecule has 0 saturated heterocycles. The van der Waals surface area contributed by atoms with Crippen molar-refractivity contribution in [1.29, 1.82) is 0 Å². The third-order valence-corrected chi connectivity index (χ3v) is 7.65. The van der Waals surface area contributed by atoms with Gasteiger partial charge < -0.3 is 19.7 Å². The molecule has 3 aromatic carbocycles. The average molecular weight is 514 g/mol. The predicted molar refractivity (Wildman–Crippen MR) is 148 cm³/mol. The zero-order chi connectivity index (χ0) is 27.4. The van der Waals surface area contributed by atoms with Gasteiger partial charge in [-0.3, -0.25) is 14.9 Å². The zero-order valence-corrected chi connectivity index (χ0v) is 22.4. The van der Waals surface area contributed by atoms with Crippen LogP contribution in [-0.4, -0.2) is 30.2 Å². The second-order valence-electron chi connectivity index (χ2n) is 10.5. The van der Waals surface area contributed by atoms with E-state index in [9.17, 15) is 14.9 Å². The number of amides is 1. The van der Waals surface area contributed by atoms with E-state index in [2.05, 4.69) is 19.2 Å². The van der Waals surface area contributed by atoms with Crippen molar-refractivity contribution in [3.8, 4) is 11.5 Å². The lowest BCUT2D eigenvalue weighted by Crippen LogP contribution is -2.61. The molecule has 0 saturated carbocycles. The minimum Gasteiger partial charge on any atom is -0.493 e. The molecule has 1 N–H and O–H groups in total. The molecule has 1 unspecified atom stereocenters. The van der Waals surface area contributed by atoms with E-state index < -0.39 is 16.1 Å². The van der Waals surface area contributed by atoms with Crippen molar-refractivity contribution in [3.05, 3.63) is 92.5 Å². The van der Waals surface area contributed by atoms with Gasteiger partial charge in [-0.2, -0.15) is 0 Å². The number of methoxy groups -OCH3 is 1. The van der Waals surface area contributed by atoms with Gasteiger partial charge in [0, 0.05) is 23.0 Å². The molecule has 2 aliphatic heterocycles. The highest BCUT2D eigenvalue weighted by atomic mass is 16.6. The number of hydrogen-bond donors (Lipinski definition) is 1. The fourth-order valence-electron chi connectivity index (χ4n) is 5.82. The van der Waals surface area contributed by atoms with Gasteiger partial charge in [0.05, 0.1) is 23.5 Å². The molecule has 38 heavy (non-hydrogen) atoms. The van der Waals surface area contributed by atoms with E-state index in [1.54, 1.807) is 0 Å². The maximum atomic E-state index is 13.6. The van der Waals surface area contributed by atoms with E-state index >= 15 is 0 Å². The Morgan fingerprint density at radius 2 is 1.79 bits per heavy atom. The van der Waals surface area contributed by atoms with Gasteiger partial charge in [0.2, 0.25) is 11.6 Å². The summed E-state index contributed by atoms with van der Waals surface area (Å²) in [7, 11) is 1.46. The number of nitro benzene ring substituents is 1. The minimum atomic E-state index is -1.08. The first-order valence-corrected chi connectivity index (χ1v) is 12.5. The standard InChI is InChI=1S/C30H31N3O5/c1-18-13-19(2)27(20(3)14-18)31-26(34)17-32-24-10-8-7-9-23(24)29(4,5)30(32)12-11-21-15-22(33(35)36)16-25(37-6)28(21)38-30/h7-16H,17H2,1-6H3,(H,31,34). The maximum Gasteiger partial charge on any atom is 0.274 e. The van der Waals surface area contributed by atoms with Crippen molar-refractivity contribution in [2.45, 2.75) is 45.8 Å². The van der Waals surface area contributed by atoms with E-state index in [0.717, 1.165) is 33.6 Å². The van der Waals surface area contributed by atoms with Crippen molar-refractivity contribution in [2.75, 3.05) is 23.9 Å². The van der Waals surface area contributed by atoms with Gasteiger partial charge in [0.1, 0.15) is 6.54 Å². The van der Waals surface area contributed by atoms with Gasteiger partial charge in [-0.05, 0) is 69.5 Å². The molecule has 1 atom stereocenters. The van der Waals surface area contributed by atoms with Crippen LogP contribution in [0.15, 0.2) is 54.6 Å². The number of hydrogen-bond acceptors (Lipinski definition) is 6. The van der Waals surface area contributed by atoms with Crippen LogP contribution in [0.5, 0.6) is 11.5 Å². The number of nitrogens with zero attached hydrogens (tertiary/aromatic N) is 2. The summed E-state index contributed by atoms with van der Waals surface area (Å²) in [5.74, 6) is 0.488. The SMILES string of the molecule is COc1cc([N+](=O)[O-])cc2c1OC1(C=C2)N(CC(=O)Nc2c(C)cc(C)cc2C)c2ccccc2C1(C)C. The van der Waals surface area contributed by atoms with Crippen molar-refractivity contribution in [1.82, 2.24) is 0 Å². The highest BCUT2D eigenvalue weighted by Crippen LogP contribution is 2.56. The number of carbonyl (C=O) groups excluding carboxylic acids is 1. The fraction of sp³-hybridized carbons (Fsp3) is 0.300. The number of aryl methyl sites for hydroxylation is 3. The molecule has 0 aromatic heterocycles. The minimum absolute atomic E-state index is 0.0299. The van der Waals surface area contributed by atoms with Crippen LogP contribution in [0, 0.1) is 30.9 Å². The number of nitrogens with one attached hydrogen (secondary N) is 1. The van der Waals surface area contributed by atoms with Crippen LogP contribution in [0.4, 0.5) is 17.1 Å². The van der Waals surface area contributed by atoms with Gasteiger partial charge >= 0.3 is 0 Å². The molecule has 8 nitrogen and oxygen atoms in total. The van der Waals surface area contributed by atoms with E-state index in [1.807, 2.05) is 74.2 Å². The number of para-hydroxylation sites is 1. The molecule has 0 aliphatic carbocycles. The highest BCUT2D eigenvalue weighted by Gasteiger charge is 2.59. The van der Waals surface area contributed by atoms with Crippen LogP contribution >= 0.6 is 0 Å². The van der Waals surface area contributed by atoms with Gasteiger partial charge in [-0.1, -0.05) is 35.9 Å². The van der Waals surface area contributed by atoms with Gasteiger partial charge in [0.25, 0.3) is 5.69 Å². The topological polar surface area (TPSA) is 93.9 Å². The quantitative estimate of drug-likeness (QED) is 0.329. The zero-order valence-electron chi connectivity index (χ0n) is 22.4. The van der Waals surface area contributed by atoms with Gasteiger partial charge in [-0.15, -0.1) is 0 Å². The second kappa shape index (κ2) is 8.90. The number of rotatable bonds is 5. The lowest BCUT2D eigenvalue weighted by molar-refractivity contribution is -0.385. The highest BCUT2D eigenvalue weighted by molar-refractivity contribution is 5.96. The van der Waals surface area contributed by atoms with E-state index in [0.29, 0.717) is 11.3 Å². The Balaban J connectivity index is 1.58. The lowest BCUT2D eigenvalue weighted by Gasteiger charge is -2.47. The fourth-order valence-corrected chi connectivity index (χ4v) is 5.82. The Kier molecular flexibility index (Phi) is 5.93. The first kappa shape index (κ1) is 25.3. The Bertz CT molecular complexity index is 1490. The summed E-state index contributed by atoms with van der Waals surface area (Å²) in [5.41, 5.74) is 4.67. The van der Waals surface area contributed by atoms with Crippen LogP contribution in [0.3, 0.4) is 0 Å². The summed E-state index contributed by atoms with van der Waals surface area (Å²) in [6.07, 6.45) is 3.72. The summed E-state index contributed by atoms with van der Waals surface area (Å²) in [6, 6.07) is 14.9. The number of non-ortho nitro benzene ring substituents is 1. The molecular weight excluding hydrogens is 482 g/mol. The summed E-state index contributed by atoms with van der Waals surface area (Å²) < 4.78 is 12.3. The van der Waals surface area contributed by atoms with E-state index in [4.69, 9.17) is 9.47 Å². The Labute approximate surface area is 222 Å². The summed E-state index contributed by atoms with van der Waals surface area (Å²) in [5, 5.41) is 14.6. The number of nitro groups is 1. The number of anilines is 2. The molecule has 2 heterocycles. The van der Waals surface area contributed by atoms with Crippen LogP contribution < -0.4 is 19.7 Å². The normalized spacial score (nSPS) is 18.5. The van der Waals surface area contributed by atoms with Crippen molar-refractivity contribution in [2.24, 2.45) is 0 Å². The summed E-state index contributed by atoms with van der Waals surface area (Å²) >= 11 is 0. The van der Waals surface area contributed by atoms with Crippen molar-refractivity contribution < 1.29 is 19.2 Å². The first-order chi connectivity index (χ1) is 18.0. The van der Waals surface area contributed by atoms with Crippen LogP contribution in [0.1, 0.15) is 41.7 Å². The molecule has 196 valence electrons. The average Bonchev–Trinajstić information content (AvgIpc) is 3.04. The molecule has 1 amide bonds. The molecule has 5 rings (SSSR count).